The number of nitrogens with one attached hydrogen (secondary N) is 1. The maximum atomic E-state index is 12.4. The molecule has 2 heterocycles. The molecule has 0 saturated heterocycles. The lowest BCUT2D eigenvalue weighted by Gasteiger charge is -2.14. The molecule has 150 valence electrons. The fourth-order valence-corrected chi connectivity index (χ4v) is 3.49. The van der Waals surface area contributed by atoms with Gasteiger partial charge in [-0.05, 0) is 49.7 Å². The number of halogens is 1. The standard InChI is InChI=1S/C21H18BrNO6/c1-11-15-8-14(22)4-6-16(15)29-20(11)21(25)26-9-19(24)23-12(2)13-3-5-17-18(7-13)28-10-27-17/h3-8,12H,9-10H2,1-2H3,(H,23,24)/t12-/m1/s1. The van der Waals surface area contributed by atoms with Crippen LogP contribution in [0.1, 0.15) is 34.6 Å². The molecule has 0 unspecified atom stereocenters. The lowest BCUT2D eigenvalue weighted by molar-refractivity contribution is -0.124. The molecule has 0 aliphatic carbocycles. The molecule has 29 heavy (non-hydrogen) atoms. The number of hydrogen-bond acceptors (Lipinski definition) is 6. The number of benzene rings is 2. The van der Waals surface area contributed by atoms with Crippen molar-refractivity contribution < 1.29 is 28.2 Å². The number of carbonyl (C=O) groups excluding carboxylic acids is 2. The summed E-state index contributed by atoms with van der Waals surface area (Å²) in [7, 11) is 0. The van der Waals surface area contributed by atoms with Gasteiger partial charge in [-0.3, -0.25) is 4.79 Å². The number of fused-ring (bicyclic) bond motifs is 2. The molecule has 1 aromatic heterocycles. The topological polar surface area (TPSA) is 87.0 Å². The van der Waals surface area contributed by atoms with Crippen molar-refractivity contribution in [3.05, 3.63) is 57.8 Å². The lowest BCUT2D eigenvalue weighted by Crippen LogP contribution is -2.31. The maximum Gasteiger partial charge on any atom is 0.375 e. The third kappa shape index (κ3) is 3.93. The van der Waals surface area contributed by atoms with E-state index in [1.165, 1.54) is 0 Å². The second-order valence-electron chi connectivity index (χ2n) is 6.67. The van der Waals surface area contributed by atoms with E-state index in [2.05, 4.69) is 21.2 Å². The normalized spacial score (nSPS) is 13.3. The third-order valence-electron chi connectivity index (χ3n) is 4.69. The van der Waals surface area contributed by atoms with Crippen molar-refractivity contribution in [2.45, 2.75) is 19.9 Å². The van der Waals surface area contributed by atoms with Crippen molar-refractivity contribution in [1.29, 1.82) is 0 Å². The van der Waals surface area contributed by atoms with Crippen LogP contribution in [0.15, 0.2) is 45.3 Å². The van der Waals surface area contributed by atoms with Crippen molar-refractivity contribution in [3.8, 4) is 11.5 Å². The van der Waals surface area contributed by atoms with Gasteiger partial charge in [-0.1, -0.05) is 22.0 Å². The first-order valence-corrected chi connectivity index (χ1v) is 9.76. The molecule has 8 heteroatoms. The first-order chi connectivity index (χ1) is 13.9. The summed E-state index contributed by atoms with van der Waals surface area (Å²) in [5, 5.41) is 3.61. The summed E-state index contributed by atoms with van der Waals surface area (Å²) in [5.74, 6) is 0.312. The minimum absolute atomic E-state index is 0.0923. The zero-order valence-corrected chi connectivity index (χ0v) is 17.4. The van der Waals surface area contributed by atoms with Crippen molar-refractivity contribution >= 4 is 38.8 Å². The number of ether oxygens (including phenoxy) is 3. The molecule has 1 atom stereocenters. The van der Waals surface area contributed by atoms with E-state index in [1.54, 1.807) is 19.1 Å². The smallest absolute Gasteiger partial charge is 0.375 e. The van der Waals surface area contributed by atoms with Crippen LogP contribution in [0.5, 0.6) is 11.5 Å². The summed E-state index contributed by atoms with van der Waals surface area (Å²) < 4.78 is 22.2. The first kappa shape index (κ1) is 19.3. The second-order valence-corrected chi connectivity index (χ2v) is 7.59. The van der Waals surface area contributed by atoms with Gasteiger partial charge in [0.05, 0.1) is 6.04 Å². The van der Waals surface area contributed by atoms with E-state index in [0.717, 1.165) is 15.4 Å². The number of carbonyl (C=O) groups is 2. The molecule has 2 aromatic carbocycles. The van der Waals surface area contributed by atoms with Crippen LogP contribution in [0.25, 0.3) is 11.0 Å². The van der Waals surface area contributed by atoms with Gasteiger partial charge in [0, 0.05) is 15.4 Å². The fraction of sp³-hybridized carbons (Fsp3) is 0.238. The minimum atomic E-state index is -0.680. The predicted octanol–water partition coefficient (Wildman–Crippen LogP) is 4.27. The van der Waals surface area contributed by atoms with E-state index >= 15 is 0 Å². The quantitative estimate of drug-likeness (QED) is 0.573. The van der Waals surface area contributed by atoms with Crippen molar-refractivity contribution in [2.24, 2.45) is 0 Å². The van der Waals surface area contributed by atoms with Crippen molar-refractivity contribution in [1.82, 2.24) is 5.32 Å². The Kier molecular flexibility index (Phi) is 5.19. The highest BCUT2D eigenvalue weighted by Crippen LogP contribution is 2.34. The Morgan fingerprint density at radius 1 is 1.17 bits per heavy atom. The summed E-state index contributed by atoms with van der Waals surface area (Å²) in [4.78, 5) is 24.6. The summed E-state index contributed by atoms with van der Waals surface area (Å²) in [5.41, 5.74) is 2.10. The lowest BCUT2D eigenvalue weighted by atomic mass is 10.1. The van der Waals surface area contributed by atoms with Crippen LogP contribution in [0.4, 0.5) is 0 Å². The Hall–Kier alpha value is -3.00. The molecular weight excluding hydrogens is 442 g/mol. The Labute approximate surface area is 175 Å². The molecule has 1 aliphatic rings. The van der Waals surface area contributed by atoms with Gasteiger partial charge in [-0.25, -0.2) is 4.79 Å². The van der Waals surface area contributed by atoms with Crippen LogP contribution < -0.4 is 14.8 Å². The molecule has 4 rings (SSSR count). The third-order valence-corrected chi connectivity index (χ3v) is 5.19. The number of rotatable bonds is 5. The van der Waals surface area contributed by atoms with Gasteiger partial charge in [-0.2, -0.15) is 0 Å². The van der Waals surface area contributed by atoms with Gasteiger partial charge in [0.2, 0.25) is 12.6 Å². The van der Waals surface area contributed by atoms with Crippen LogP contribution in [-0.2, 0) is 9.53 Å². The molecule has 7 nitrogen and oxygen atoms in total. The predicted molar refractivity (Wildman–Crippen MR) is 108 cm³/mol. The Bertz CT molecular complexity index is 1110. The molecule has 0 radical (unpaired) electrons. The monoisotopic (exact) mass is 459 g/mol. The van der Waals surface area contributed by atoms with Crippen molar-refractivity contribution in [3.63, 3.8) is 0 Å². The number of amides is 1. The van der Waals surface area contributed by atoms with E-state index in [4.69, 9.17) is 18.6 Å². The SMILES string of the molecule is Cc1c(C(=O)OCC(=O)N[C@H](C)c2ccc3c(c2)OCO3)oc2ccc(Br)cc12. The van der Waals surface area contributed by atoms with E-state index in [1.807, 2.05) is 31.2 Å². The summed E-state index contributed by atoms with van der Waals surface area (Å²) in [6.45, 7) is 3.39. The molecule has 0 saturated carbocycles. The second kappa shape index (κ2) is 7.79. The Morgan fingerprint density at radius 3 is 2.79 bits per heavy atom. The number of hydrogen-bond donors (Lipinski definition) is 1. The van der Waals surface area contributed by atoms with Gasteiger partial charge < -0.3 is 23.9 Å². The summed E-state index contributed by atoms with van der Waals surface area (Å²) in [6, 6.07) is 10.6. The largest absolute Gasteiger partial charge is 0.454 e. The number of esters is 1. The van der Waals surface area contributed by atoms with Crippen LogP contribution >= 0.6 is 15.9 Å². The van der Waals surface area contributed by atoms with E-state index in [9.17, 15) is 9.59 Å². The van der Waals surface area contributed by atoms with Gasteiger partial charge in [0.15, 0.2) is 18.1 Å². The first-order valence-electron chi connectivity index (χ1n) is 8.97. The van der Waals surface area contributed by atoms with Crippen LogP contribution in [0.3, 0.4) is 0 Å². The molecule has 1 N–H and O–H groups in total. The zero-order valence-electron chi connectivity index (χ0n) is 15.8. The van der Waals surface area contributed by atoms with E-state index in [-0.39, 0.29) is 18.6 Å². The van der Waals surface area contributed by atoms with Gasteiger partial charge in [0.25, 0.3) is 5.91 Å². The molecule has 1 amide bonds. The average Bonchev–Trinajstić information content (AvgIpc) is 3.30. The van der Waals surface area contributed by atoms with Gasteiger partial charge >= 0.3 is 5.97 Å². The number of furan rings is 1. The molecule has 0 bridgehead atoms. The van der Waals surface area contributed by atoms with Gasteiger partial charge in [0.1, 0.15) is 5.58 Å². The summed E-state index contributed by atoms with van der Waals surface area (Å²) >= 11 is 3.40. The molecule has 3 aromatic rings. The molecule has 1 aliphatic heterocycles. The fourth-order valence-electron chi connectivity index (χ4n) is 3.13. The van der Waals surface area contributed by atoms with E-state index in [0.29, 0.717) is 22.6 Å². The minimum Gasteiger partial charge on any atom is -0.454 e. The highest BCUT2D eigenvalue weighted by molar-refractivity contribution is 9.10. The van der Waals surface area contributed by atoms with Crippen LogP contribution in [0, 0.1) is 6.92 Å². The maximum absolute atomic E-state index is 12.4. The highest BCUT2D eigenvalue weighted by atomic mass is 79.9. The van der Waals surface area contributed by atoms with Crippen LogP contribution in [0.2, 0.25) is 0 Å². The van der Waals surface area contributed by atoms with E-state index < -0.39 is 18.5 Å². The van der Waals surface area contributed by atoms with Gasteiger partial charge in [-0.15, -0.1) is 0 Å². The highest BCUT2D eigenvalue weighted by Gasteiger charge is 2.21. The number of aryl methyl sites for hydroxylation is 1. The Balaban J connectivity index is 1.37. The molecule has 0 fully saturated rings. The zero-order chi connectivity index (χ0) is 20.5. The molecular formula is C21H18BrNO6. The van der Waals surface area contributed by atoms with Crippen molar-refractivity contribution in [2.75, 3.05) is 13.4 Å². The Morgan fingerprint density at radius 2 is 1.97 bits per heavy atom. The summed E-state index contributed by atoms with van der Waals surface area (Å²) in [6.07, 6.45) is 0. The van der Waals surface area contributed by atoms with Crippen LogP contribution in [-0.4, -0.2) is 25.3 Å². The average molecular weight is 460 g/mol. The molecule has 0 spiro atoms.